The van der Waals surface area contributed by atoms with Crippen LogP contribution in [0.1, 0.15) is 64.7 Å². The van der Waals surface area contributed by atoms with Gasteiger partial charge in [0.15, 0.2) is 0 Å². The number of esters is 1. The first-order valence-corrected chi connectivity index (χ1v) is 9.33. The van der Waals surface area contributed by atoms with Crippen LogP contribution in [0.15, 0.2) is 0 Å². The molecule has 2 aliphatic rings. The monoisotopic (exact) mass is 310 g/mol. The van der Waals surface area contributed by atoms with Gasteiger partial charge in [0.1, 0.15) is 6.04 Å². The number of hydrogen-bond donors (Lipinski definition) is 0. The van der Waals surface area contributed by atoms with Crippen molar-refractivity contribution in [3.63, 3.8) is 0 Å². The maximum absolute atomic E-state index is 12.5. The summed E-state index contributed by atoms with van der Waals surface area (Å²) in [7, 11) is 2.19. The molecule has 2 heterocycles. The van der Waals surface area contributed by atoms with E-state index in [0.29, 0.717) is 12.6 Å². The van der Waals surface area contributed by atoms with E-state index in [1.807, 2.05) is 0 Å². The molecule has 128 valence electrons. The second-order valence-electron chi connectivity index (χ2n) is 7.01. The highest BCUT2D eigenvalue weighted by atomic mass is 16.5. The summed E-state index contributed by atoms with van der Waals surface area (Å²) >= 11 is 0. The number of carbonyl (C=O) groups is 1. The summed E-state index contributed by atoms with van der Waals surface area (Å²) in [4.78, 5) is 17.3. The fourth-order valence-corrected chi connectivity index (χ4v) is 3.77. The summed E-state index contributed by atoms with van der Waals surface area (Å²) < 4.78 is 5.58. The van der Waals surface area contributed by atoms with Crippen LogP contribution in [-0.2, 0) is 9.53 Å². The second-order valence-corrected chi connectivity index (χ2v) is 7.01. The lowest BCUT2D eigenvalue weighted by Crippen LogP contribution is -2.53. The predicted octanol–water partition coefficient (Wildman–Crippen LogP) is 3.06. The van der Waals surface area contributed by atoms with Crippen molar-refractivity contribution < 1.29 is 9.53 Å². The van der Waals surface area contributed by atoms with Gasteiger partial charge in [-0.1, -0.05) is 32.6 Å². The summed E-state index contributed by atoms with van der Waals surface area (Å²) in [6.45, 7) is 6.19. The van der Waals surface area contributed by atoms with Gasteiger partial charge in [-0.25, -0.2) is 0 Å². The van der Waals surface area contributed by atoms with Crippen molar-refractivity contribution >= 4 is 5.97 Å². The molecule has 0 saturated carbocycles. The summed E-state index contributed by atoms with van der Waals surface area (Å²) in [5.74, 6) is 0.0372. The SMILES string of the molecule is CCCCCCOC(=O)C1CCCCN1C1CCN(C)CC1. The van der Waals surface area contributed by atoms with Gasteiger partial charge in [-0.2, -0.15) is 0 Å². The molecule has 2 rings (SSSR count). The Kier molecular flexibility index (Phi) is 7.67. The minimum Gasteiger partial charge on any atom is -0.465 e. The van der Waals surface area contributed by atoms with Crippen LogP contribution < -0.4 is 0 Å². The Balaban J connectivity index is 1.79. The standard InChI is InChI=1S/C18H34N2O2/c1-3-4-5-8-15-22-18(21)17-9-6-7-12-20(17)16-10-13-19(2)14-11-16/h16-17H,3-15H2,1-2H3. The first kappa shape index (κ1) is 17.7. The van der Waals surface area contributed by atoms with Gasteiger partial charge in [-0.05, 0) is 58.8 Å². The molecule has 0 aliphatic carbocycles. The molecule has 0 aromatic carbocycles. The van der Waals surface area contributed by atoms with E-state index in [0.717, 1.165) is 32.5 Å². The Morgan fingerprint density at radius 2 is 1.82 bits per heavy atom. The highest BCUT2D eigenvalue weighted by Crippen LogP contribution is 2.25. The van der Waals surface area contributed by atoms with Crippen molar-refractivity contribution in [2.45, 2.75) is 76.8 Å². The van der Waals surface area contributed by atoms with E-state index >= 15 is 0 Å². The number of likely N-dealkylation sites (tertiary alicyclic amines) is 2. The smallest absolute Gasteiger partial charge is 0.323 e. The third-order valence-electron chi connectivity index (χ3n) is 5.22. The predicted molar refractivity (Wildman–Crippen MR) is 90.0 cm³/mol. The summed E-state index contributed by atoms with van der Waals surface area (Å²) in [6.07, 6.45) is 10.4. The zero-order valence-corrected chi connectivity index (χ0v) is 14.6. The molecule has 2 aliphatic heterocycles. The number of piperidine rings is 2. The third-order valence-corrected chi connectivity index (χ3v) is 5.22. The Bertz CT molecular complexity index is 327. The van der Waals surface area contributed by atoms with Crippen LogP contribution in [0.25, 0.3) is 0 Å². The van der Waals surface area contributed by atoms with Crippen LogP contribution in [-0.4, -0.2) is 61.1 Å². The minimum absolute atomic E-state index is 0.0216. The van der Waals surface area contributed by atoms with Crippen molar-refractivity contribution in [2.24, 2.45) is 0 Å². The molecule has 1 atom stereocenters. The Morgan fingerprint density at radius 3 is 2.55 bits per heavy atom. The van der Waals surface area contributed by atoms with Gasteiger partial charge in [0.25, 0.3) is 0 Å². The average Bonchev–Trinajstić information content (AvgIpc) is 2.55. The van der Waals surface area contributed by atoms with Crippen molar-refractivity contribution in [1.29, 1.82) is 0 Å². The number of rotatable bonds is 7. The molecule has 0 aromatic heterocycles. The van der Waals surface area contributed by atoms with Crippen molar-refractivity contribution in [2.75, 3.05) is 33.3 Å². The lowest BCUT2D eigenvalue weighted by Gasteiger charge is -2.43. The molecule has 1 unspecified atom stereocenters. The van der Waals surface area contributed by atoms with Crippen molar-refractivity contribution in [3.05, 3.63) is 0 Å². The van der Waals surface area contributed by atoms with Crippen LogP contribution in [0, 0.1) is 0 Å². The minimum atomic E-state index is 0.0216. The Labute approximate surface area is 136 Å². The Hall–Kier alpha value is -0.610. The number of hydrogen-bond acceptors (Lipinski definition) is 4. The fourth-order valence-electron chi connectivity index (χ4n) is 3.77. The van der Waals surface area contributed by atoms with Gasteiger partial charge in [-0.3, -0.25) is 9.69 Å². The quantitative estimate of drug-likeness (QED) is 0.534. The topological polar surface area (TPSA) is 32.8 Å². The molecule has 0 amide bonds. The third kappa shape index (κ3) is 5.24. The van der Waals surface area contributed by atoms with E-state index < -0.39 is 0 Å². The fraction of sp³-hybridized carbons (Fsp3) is 0.944. The maximum atomic E-state index is 12.5. The molecule has 0 aromatic rings. The summed E-state index contributed by atoms with van der Waals surface area (Å²) in [6, 6.07) is 0.600. The molecule has 0 spiro atoms. The van der Waals surface area contributed by atoms with Gasteiger partial charge < -0.3 is 9.64 Å². The van der Waals surface area contributed by atoms with Gasteiger partial charge in [0.2, 0.25) is 0 Å². The van der Waals surface area contributed by atoms with E-state index in [1.165, 1.54) is 44.9 Å². The zero-order chi connectivity index (χ0) is 15.8. The van der Waals surface area contributed by atoms with Crippen LogP contribution >= 0.6 is 0 Å². The van der Waals surface area contributed by atoms with Gasteiger partial charge in [-0.15, -0.1) is 0 Å². The van der Waals surface area contributed by atoms with E-state index in [9.17, 15) is 4.79 Å². The number of nitrogens with zero attached hydrogens (tertiary/aromatic N) is 2. The Morgan fingerprint density at radius 1 is 1.05 bits per heavy atom. The molecule has 4 heteroatoms. The average molecular weight is 310 g/mol. The van der Waals surface area contributed by atoms with Gasteiger partial charge in [0.05, 0.1) is 6.61 Å². The molecule has 0 radical (unpaired) electrons. The van der Waals surface area contributed by atoms with Crippen molar-refractivity contribution in [3.8, 4) is 0 Å². The molecule has 22 heavy (non-hydrogen) atoms. The number of unbranched alkanes of at least 4 members (excludes halogenated alkanes) is 3. The second kappa shape index (κ2) is 9.51. The molecular formula is C18H34N2O2. The first-order valence-electron chi connectivity index (χ1n) is 9.33. The molecule has 2 saturated heterocycles. The van der Waals surface area contributed by atoms with Gasteiger partial charge >= 0.3 is 5.97 Å². The van der Waals surface area contributed by atoms with E-state index in [-0.39, 0.29) is 12.0 Å². The lowest BCUT2D eigenvalue weighted by atomic mass is 9.95. The molecule has 4 nitrogen and oxygen atoms in total. The van der Waals surface area contributed by atoms with Gasteiger partial charge in [0, 0.05) is 6.04 Å². The van der Waals surface area contributed by atoms with E-state index in [1.54, 1.807) is 0 Å². The van der Waals surface area contributed by atoms with Crippen LogP contribution in [0.4, 0.5) is 0 Å². The van der Waals surface area contributed by atoms with E-state index in [2.05, 4.69) is 23.8 Å². The maximum Gasteiger partial charge on any atom is 0.323 e. The number of ether oxygens (including phenoxy) is 1. The largest absolute Gasteiger partial charge is 0.465 e. The molecular weight excluding hydrogens is 276 g/mol. The normalized spacial score (nSPS) is 25.3. The van der Waals surface area contributed by atoms with Crippen LogP contribution in [0.3, 0.4) is 0 Å². The molecule has 0 N–H and O–H groups in total. The summed E-state index contributed by atoms with van der Waals surface area (Å²) in [5, 5.41) is 0. The lowest BCUT2D eigenvalue weighted by molar-refractivity contribution is -0.153. The van der Waals surface area contributed by atoms with Crippen LogP contribution in [0.2, 0.25) is 0 Å². The zero-order valence-electron chi connectivity index (χ0n) is 14.6. The highest BCUT2D eigenvalue weighted by Gasteiger charge is 2.35. The van der Waals surface area contributed by atoms with Crippen molar-refractivity contribution in [1.82, 2.24) is 9.80 Å². The molecule has 2 fully saturated rings. The van der Waals surface area contributed by atoms with Crippen LogP contribution in [0.5, 0.6) is 0 Å². The highest BCUT2D eigenvalue weighted by molar-refractivity contribution is 5.76. The summed E-state index contributed by atoms with van der Waals surface area (Å²) in [5.41, 5.74) is 0. The molecule has 0 bridgehead atoms. The number of carbonyl (C=O) groups excluding carboxylic acids is 1. The first-order chi connectivity index (χ1) is 10.7. The van der Waals surface area contributed by atoms with E-state index in [4.69, 9.17) is 4.74 Å².